The van der Waals surface area contributed by atoms with Crippen molar-refractivity contribution < 1.29 is 13.2 Å². The Morgan fingerprint density at radius 1 is 1.30 bits per heavy atom. The Hall–Kier alpha value is -0.910. The molecule has 0 unspecified atom stereocenters. The molecule has 0 amide bonds. The summed E-state index contributed by atoms with van der Waals surface area (Å²) < 4.78 is 31.6. The zero-order valence-electron chi connectivity index (χ0n) is 12.2. The van der Waals surface area contributed by atoms with Crippen LogP contribution in [0.3, 0.4) is 0 Å². The molecule has 0 aliphatic carbocycles. The Balaban J connectivity index is 1.98. The molecule has 1 heterocycles. The van der Waals surface area contributed by atoms with Gasteiger partial charge in [-0.15, -0.1) is 0 Å². The van der Waals surface area contributed by atoms with Gasteiger partial charge in [-0.3, -0.25) is 0 Å². The number of hydrogen-bond acceptors (Lipinski definition) is 3. The molecular formula is C15H23NO3S. The fourth-order valence-corrected chi connectivity index (χ4v) is 3.79. The molecule has 0 aromatic heterocycles. The third-order valence-electron chi connectivity index (χ3n) is 3.76. The van der Waals surface area contributed by atoms with Gasteiger partial charge in [0.25, 0.3) is 0 Å². The summed E-state index contributed by atoms with van der Waals surface area (Å²) in [5.74, 6) is 0.495. The molecule has 0 N–H and O–H groups in total. The highest BCUT2D eigenvalue weighted by atomic mass is 32.2. The van der Waals surface area contributed by atoms with Crippen LogP contribution >= 0.6 is 0 Å². The topological polar surface area (TPSA) is 46.6 Å². The lowest BCUT2D eigenvalue weighted by molar-refractivity contribution is 0.0620. The lowest BCUT2D eigenvalue weighted by Gasteiger charge is -2.26. The van der Waals surface area contributed by atoms with E-state index in [9.17, 15) is 8.42 Å². The molecule has 0 atom stereocenters. The second-order valence-corrected chi connectivity index (χ2v) is 7.66. The molecule has 0 radical (unpaired) electrons. The van der Waals surface area contributed by atoms with E-state index in [1.54, 1.807) is 7.05 Å². The molecule has 1 aromatic carbocycles. The zero-order chi connectivity index (χ0) is 14.6. The van der Waals surface area contributed by atoms with Crippen LogP contribution in [0.2, 0.25) is 0 Å². The molecule has 112 valence electrons. The van der Waals surface area contributed by atoms with E-state index in [0.29, 0.717) is 12.5 Å². The van der Waals surface area contributed by atoms with Gasteiger partial charge in [-0.2, -0.15) is 0 Å². The van der Waals surface area contributed by atoms with Crippen molar-refractivity contribution in [3.05, 3.63) is 35.4 Å². The monoisotopic (exact) mass is 297 g/mol. The molecule has 4 nitrogen and oxygen atoms in total. The molecule has 1 aliphatic heterocycles. The fourth-order valence-electron chi connectivity index (χ4n) is 2.53. The van der Waals surface area contributed by atoms with E-state index in [-0.39, 0.29) is 5.75 Å². The maximum absolute atomic E-state index is 12.4. The van der Waals surface area contributed by atoms with Gasteiger partial charge in [0.2, 0.25) is 10.0 Å². The van der Waals surface area contributed by atoms with Crippen molar-refractivity contribution in [1.29, 1.82) is 0 Å². The van der Waals surface area contributed by atoms with E-state index in [1.165, 1.54) is 4.31 Å². The SMILES string of the molecule is Cc1cccc(CS(=O)(=O)N(C)CC2CCOCC2)c1. The van der Waals surface area contributed by atoms with Crippen LogP contribution in [0.15, 0.2) is 24.3 Å². The normalized spacial score (nSPS) is 17.6. The average molecular weight is 297 g/mol. The number of nitrogens with zero attached hydrogens (tertiary/aromatic N) is 1. The molecule has 0 spiro atoms. The van der Waals surface area contributed by atoms with Gasteiger partial charge < -0.3 is 4.74 Å². The Morgan fingerprint density at radius 2 is 2.00 bits per heavy atom. The molecule has 20 heavy (non-hydrogen) atoms. The van der Waals surface area contributed by atoms with Gasteiger partial charge in [-0.25, -0.2) is 12.7 Å². The van der Waals surface area contributed by atoms with Crippen molar-refractivity contribution in [2.45, 2.75) is 25.5 Å². The minimum absolute atomic E-state index is 0.0778. The Morgan fingerprint density at radius 3 is 2.65 bits per heavy atom. The molecule has 1 fully saturated rings. The van der Waals surface area contributed by atoms with Crippen LogP contribution in [0, 0.1) is 12.8 Å². The second-order valence-electron chi connectivity index (χ2n) is 5.58. The van der Waals surface area contributed by atoms with Gasteiger partial charge in [0.05, 0.1) is 5.75 Å². The predicted octanol–water partition coefficient (Wildman–Crippen LogP) is 2.18. The van der Waals surface area contributed by atoms with Gasteiger partial charge in [-0.1, -0.05) is 29.8 Å². The predicted molar refractivity (Wildman–Crippen MR) is 80.0 cm³/mol. The lowest BCUT2D eigenvalue weighted by Crippen LogP contribution is -2.34. The molecule has 0 bridgehead atoms. The van der Waals surface area contributed by atoms with Gasteiger partial charge in [-0.05, 0) is 31.2 Å². The standard InChI is InChI=1S/C15H23NO3S/c1-13-4-3-5-15(10-13)12-20(17,18)16(2)11-14-6-8-19-9-7-14/h3-5,10,14H,6-9,11-12H2,1-2H3. The molecular weight excluding hydrogens is 274 g/mol. The Labute approximate surface area is 121 Å². The summed E-state index contributed by atoms with van der Waals surface area (Å²) in [6.07, 6.45) is 1.90. The van der Waals surface area contributed by atoms with Crippen LogP contribution in [0.1, 0.15) is 24.0 Å². The van der Waals surface area contributed by atoms with Gasteiger partial charge >= 0.3 is 0 Å². The average Bonchev–Trinajstić information content (AvgIpc) is 2.39. The van der Waals surface area contributed by atoms with E-state index < -0.39 is 10.0 Å². The van der Waals surface area contributed by atoms with Gasteiger partial charge in [0.1, 0.15) is 0 Å². The van der Waals surface area contributed by atoms with E-state index in [1.807, 2.05) is 31.2 Å². The van der Waals surface area contributed by atoms with Crippen molar-refractivity contribution >= 4 is 10.0 Å². The van der Waals surface area contributed by atoms with Crippen LogP contribution in [-0.4, -0.2) is 39.5 Å². The Bertz CT molecular complexity index is 536. The van der Waals surface area contributed by atoms with E-state index in [4.69, 9.17) is 4.74 Å². The zero-order valence-corrected chi connectivity index (χ0v) is 13.0. The third kappa shape index (κ3) is 4.30. The maximum atomic E-state index is 12.4. The van der Waals surface area contributed by atoms with Crippen LogP contribution < -0.4 is 0 Å². The molecule has 1 saturated heterocycles. The highest BCUT2D eigenvalue weighted by molar-refractivity contribution is 7.88. The first-order valence-electron chi connectivity index (χ1n) is 7.05. The summed E-state index contributed by atoms with van der Waals surface area (Å²) in [5, 5.41) is 0. The smallest absolute Gasteiger partial charge is 0.218 e. The number of rotatable bonds is 5. The number of hydrogen-bond donors (Lipinski definition) is 0. The van der Waals surface area contributed by atoms with Crippen molar-refractivity contribution in [3.8, 4) is 0 Å². The summed E-state index contributed by atoms with van der Waals surface area (Å²) in [5.41, 5.74) is 1.94. The molecule has 5 heteroatoms. The van der Waals surface area contributed by atoms with E-state index in [0.717, 1.165) is 37.2 Å². The number of aryl methyl sites for hydroxylation is 1. The minimum atomic E-state index is -3.24. The first kappa shape index (κ1) is 15.5. The number of benzene rings is 1. The van der Waals surface area contributed by atoms with E-state index >= 15 is 0 Å². The maximum Gasteiger partial charge on any atom is 0.218 e. The summed E-state index contributed by atoms with van der Waals surface area (Å²) in [6.45, 7) is 4.06. The van der Waals surface area contributed by atoms with Crippen LogP contribution in [0.4, 0.5) is 0 Å². The van der Waals surface area contributed by atoms with Crippen LogP contribution in [-0.2, 0) is 20.5 Å². The highest BCUT2D eigenvalue weighted by Gasteiger charge is 2.23. The van der Waals surface area contributed by atoms with Crippen LogP contribution in [0.5, 0.6) is 0 Å². The van der Waals surface area contributed by atoms with Gasteiger partial charge in [0, 0.05) is 26.8 Å². The number of sulfonamides is 1. The third-order valence-corrected chi connectivity index (χ3v) is 5.56. The van der Waals surface area contributed by atoms with Crippen molar-refractivity contribution in [2.75, 3.05) is 26.8 Å². The van der Waals surface area contributed by atoms with Crippen molar-refractivity contribution in [3.63, 3.8) is 0 Å². The van der Waals surface area contributed by atoms with E-state index in [2.05, 4.69) is 0 Å². The molecule has 2 rings (SSSR count). The first-order chi connectivity index (χ1) is 9.47. The largest absolute Gasteiger partial charge is 0.381 e. The lowest BCUT2D eigenvalue weighted by atomic mass is 10.0. The molecule has 1 aliphatic rings. The first-order valence-corrected chi connectivity index (χ1v) is 8.65. The Kier molecular flexibility index (Phi) is 5.18. The second kappa shape index (κ2) is 6.70. The van der Waals surface area contributed by atoms with Crippen molar-refractivity contribution in [2.24, 2.45) is 5.92 Å². The quantitative estimate of drug-likeness (QED) is 0.837. The molecule has 1 aromatic rings. The molecule has 0 saturated carbocycles. The summed E-state index contributed by atoms with van der Waals surface area (Å²) >= 11 is 0. The number of ether oxygens (including phenoxy) is 1. The summed E-state index contributed by atoms with van der Waals surface area (Å²) in [4.78, 5) is 0. The summed E-state index contributed by atoms with van der Waals surface area (Å²) in [6, 6.07) is 7.67. The minimum Gasteiger partial charge on any atom is -0.381 e. The fraction of sp³-hybridized carbons (Fsp3) is 0.600. The van der Waals surface area contributed by atoms with Gasteiger partial charge in [0.15, 0.2) is 0 Å². The van der Waals surface area contributed by atoms with Crippen molar-refractivity contribution in [1.82, 2.24) is 4.31 Å². The summed E-state index contributed by atoms with van der Waals surface area (Å²) in [7, 11) is -1.56. The highest BCUT2D eigenvalue weighted by Crippen LogP contribution is 2.18. The van der Waals surface area contributed by atoms with Crippen LogP contribution in [0.25, 0.3) is 0 Å².